The first-order chi connectivity index (χ1) is 8.84. The van der Waals surface area contributed by atoms with Crippen LogP contribution in [0.5, 0.6) is 5.75 Å². The third kappa shape index (κ3) is 3.48. The Morgan fingerprint density at radius 3 is 2.11 bits per heavy atom. The van der Waals surface area contributed by atoms with Gasteiger partial charge in [-0.2, -0.15) is 5.10 Å². The van der Waals surface area contributed by atoms with Crippen LogP contribution in [-0.4, -0.2) is 31.3 Å². The SMILES string of the molecule is Cc1nn(-c2ccccc2O)c(C)c1C.O=C(O)O. The van der Waals surface area contributed by atoms with Crippen LogP contribution in [-0.2, 0) is 0 Å². The monoisotopic (exact) mass is 264 g/mol. The number of para-hydroxylation sites is 2. The topological polar surface area (TPSA) is 95.6 Å². The van der Waals surface area contributed by atoms with Crippen LogP contribution in [0.2, 0.25) is 0 Å². The van der Waals surface area contributed by atoms with Gasteiger partial charge >= 0.3 is 6.16 Å². The Kier molecular flexibility index (Phi) is 4.52. The van der Waals surface area contributed by atoms with Crippen LogP contribution in [0.4, 0.5) is 4.79 Å². The highest BCUT2D eigenvalue weighted by Crippen LogP contribution is 2.23. The molecule has 1 aromatic heterocycles. The van der Waals surface area contributed by atoms with Gasteiger partial charge in [-0.1, -0.05) is 12.1 Å². The van der Waals surface area contributed by atoms with Crippen LogP contribution >= 0.6 is 0 Å². The zero-order chi connectivity index (χ0) is 14.6. The summed E-state index contributed by atoms with van der Waals surface area (Å²) in [6.07, 6.45) is -1.83. The van der Waals surface area contributed by atoms with Gasteiger partial charge in [0, 0.05) is 5.69 Å². The highest BCUT2D eigenvalue weighted by atomic mass is 16.6. The van der Waals surface area contributed by atoms with E-state index in [1.807, 2.05) is 32.9 Å². The van der Waals surface area contributed by atoms with Crippen LogP contribution in [0.15, 0.2) is 24.3 Å². The largest absolute Gasteiger partial charge is 0.506 e. The number of nitrogens with zero attached hydrogens (tertiary/aromatic N) is 2. The van der Waals surface area contributed by atoms with Gasteiger partial charge in [-0.05, 0) is 38.5 Å². The van der Waals surface area contributed by atoms with Gasteiger partial charge in [0.15, 0.2) is 0 Å². The number of phenolic OH excluding ortho intramolecular Hbond substituents is 1. The molecule has 0 atom stereocenters. The maximum absolute atomic E-state index is 9.73. The molecule has 102 valence electrons. The number of phenols is 1. The maximum Gasteiger partial charge on any atom is 0.503 e. The van der Waals surface area contributed by atoms with Gasteiger partial charge in [0.25, 0.3) is 0 Å². The molecule has 0 aliphatic carbocycles. The minimum Gasteiger partial charge on any atom is -0.506 e. The van der Waals surface area contributed by atoms with Crippen molar-refractivity contribution in [2.24, 2.45) is 0 Å². The minimum absolute atomic E-state index is 0.253. The van der Waals surface area contributed by atoms with Crippen molar-refractivity contribution in [1.29, 1.82) is 0 Å². The molecule has 0 saturated heterocycles. The smallest absolute Gasteiger partial charge is 0.503 e. The molecule has 0 fully saturated rings. The molecule has 0 spiro atoms. The molecule has 1 heterocycles. The molecule has 2 rings (SSSR count). The molecular weight excluding hydrogens is 248 g/mol. The maximum atomic E-state index is 9.73. The Balaban J connectivity index is 0.000000399. The summed E-state index contributed by atoms with van der Waals surface area (Å²) in [6, 6.07) is 7.22. The second kappa shape index (κ2) is 5.90. The number of rotatable bonds is 1. The van der Waals surface area contributed by atoms with E-state index in [1.54, 1.807) is 16.8 Å². The second-order valence-electron chi connectivity index (χ2n) is 3.98. The summed E-state index contributed by atoms with van der Waals surface area (Å²) >= 11 is 0. The first-order valence-electron chi connectivity index (χ1n) is 5.57. The molecule has 0 unspecified atom stereocenters. The molecule has 6 nitrogen and oxygen atoms in total. The summed E-state index contributed by atoms with van der Waals surface area (Å²) in [4.78, 5) is 8.56. The van der Waals surface area contributed by atoms with Crippen LogP contribution in [0.3, 0.4) is 0 Å². The molecule has 0 aliphatic rings. The standard InChI is InChI=1S/C12H14N2O.CH2O3/c1-8-9(2)13-14(10(8)3)11-6-4-5-7-12(11)15;2-1(3)4/h4-7,15H,1-3H3;(H2,2,3,4). The summed E-state index contributed by atoms with van der Waals surface area (Å²) < 4.78 is 1.78. The average Bonchev–Trinajstić information content (AvgIpc) is 2.57. The van der Waals surface area contributed by atoms with Gasteiger partial charge in [0.2, 0.25) is 0 Å². The van der Waals surface area contributed by atoms with Gasteiger partial charge in [0.05, 0.1) is 5.69 Å². The van der Waals surface area contributed by atoms with E-state index in [1.165, 1.54) is 5.56 Å². The van der Waals surface area contributed by atoms with Crippen LogP contribution < -0.4 is 0 Å². The molecule has 0 bridgehead atoms. The van der Waals surface area contributed by atoms with Gasteiger partial charge in [-0.25, -0.2) is 9.48 Å². The molecule has 0 radical (unpaired) electrons. The lowest BCUT2D eigenvalue weighted by Crippen LogP contribution is -1.99. The summed E-state index contributed by atoms with van der Waals surface area (Å²) in [6.45, 7) is 6.01. The number of benzene rings is 1. The van der Waals surface area contributed by atoms with Crippen molar-refractivity contribution < 1.29 is 20.1 Å². The van der Waals surface area contributed by atoms with Gasteiger partial charge in [-0.15, -0.1) is 0 Å². The Hall–Kier alpha value is -2.50. The molecular formula is C13H16N2O4. The normalized spacial score (nSPS) is 9.63. The zero-order valence-electron chi connectivity index (χ0n) is 11.0. The van der Waals surface area contributed by atoms with Crippen molar-refractivity contribution >= 4 is 6.16 Å². The third-order valence-electron chi connectivity index (χ3n) is 2.76. The molecule has 0 aliphatic heterocycles. The van der Waals surface area contributed by atoms with E-state index in [0.29, 0.717) is 0 Å². The van der Waals surface area contributed by atoms with Crippen molar-refractivity contribution in [3.8, 4) is 11.4 Å². The summed E-state index contributed by atoms with van der Waals surface area (Å²) in [5, 5.41) is 28.1. The van der Waals surface area contributed by atoms with Crippen molar-refractivity contribution in [3.63, 3.8) is 0 Å². The van der Waals surface area contributed by atoms with E-state index in [-0.39, 0.29) is 5.75 Å². The molecule has 2 aromatic rings. The van der Waals surface area contributed by atoms with Crippen molar-refractivity contribution in [3.05, 3.63) is 41.2 Å². The van der Waals surface area contributed by atoms with Crippen molar-refractivity contribution in [1.82, 2.24) is 9.78 Å². The highest BCUT2D eigenvalue weighted by molar-refractivity contribution is 5.53. The number of carboxylic acid groups (broad SMARTS) is 2. The summed E-state index contributed by atoms with van der Waals surface area (Å²) in [5.41, 5.74) is 3.95. The quantitative estimate of drug-likeness (QED) is 0.736. The number of hydrogen-bond donors (Lipinski definition) is 3. The minimum atomic E-state index is -1.83. The molecule has 1 aromatic carbocycles. The average molecular weight is 264 g/mol. The van der Waals surface area contributed by atoms with E-state index in [0.717, 1.165) is 17.1 Å². The van der Waals surface area contributed by atoms with E-state index >= 15 is 0 Å². The lowest BCUT2D eigenvalue weighted by Gasteiger charge is -2.06. The number of carbonyl (C=O) groups is 1. The first-order valence-corrected chi connectivity index (χ1v) is 5.57. The Morgan fingerprint density at radius 2 is 1.68 bits per heavy atom. The molecule has 3 N–H and O–H groups in total. The first kappa shape index (κ1) is 14.6. The summed E-state index contributed by atoms with van der Waals surface area (Å²) in [5.74, 6) is 0.253. The number of aryl methyl sites for hydroxylation is 1. The van der Waals surface area contributed by atoms with Crippen LogP contribution in [0.25, 0.3) is 5.69 Å². The Labute approximate surface area is 110 Å². The van der Waals surface area contributed by atoms with Gasteiger partial charge in [-0.3, -0.25) is 0 Å². The number of hydrogen-bond acceptors (Lipinski definition) is 3. The molecule has 6 heteroatoms. The predicted octanol–water partition coefficient (Wildman–Crippen LogP) is 2.73. The molecule has 0 amide bonds. The van der Waals surface area contributed by atoms with Crippen LogP contribution in [0, 0.1) is 20.8 Å². The number of aromatic hydroxyl groups is 1. The molecule has 0 saturated carbocycles. The van der Waals surface area contributed by atoms with Crippen molar-refractivity contribution in [2.45, 2.75) is 20.8 Å². The highest BCUT2D eigenvalue weighted by Gasteiger charge is 2.10. The van der Waals surface area contributed by atoms with E-state index in [2.05, 4.69) is 5.10 Å². The lowest BCUT2D eigenvalue weighted by atomic mass is 10.2. The van der Waals surface area contributed by atoms with E-state index in [4.69, 9.17) is 15.0 Å². The third-order valence-corrected chi connectivity index (χ3v) is 2.76. The zero-order valence-corrected chi connectivity index (χ0v) is 11.0. The fourth-order valence-corrected chi connectivity index (χ4v) is 1.60. The lowest BCUT2D eigenvalue weighted by molar-refractivity contribution is 0.137. The fraction of sp³-hybridized carbons (Fsp3) is 0.231. The number of aromatic nitrogens is 2. The molecule has 19 heavy (non-hydrogen) atoms. The van der Waals surface area contributed by atoms with Gasteiger partial charge < -0.3 is 15.3 Å². The summed E-state index contributed by atoms with van der Waals surface area (Å²) in [7, 11) is 0. The predicted molar refractivity (Wildman–Crippen MR) is 70.1 cm³/mol. The second-order valence-corrected chi connectivity index (χ2v) is 3.98. The Morgan fingerprint density at radius 1 is 1.16 bits per heavy atom. The van der Waals surface area contributed by atoms with Gasteiger partial charge in [0.1, 0.15) is 11.4 Å². The fourth-order valence-electron chi connectivity index (χ4n) is 1.60. The van der Waals surface area contributed by atoms with Crippen molar-refractivity contribution in [2.75, 3.05) is 0 Å². The van der Waals surface area contributed by atoms with E-state index < -0.39 is 6.16 Å². The van der Waals surface area contributed by atoms with E-state index in [9.17, 15) is 5.11 Å². The Bertz CT molecular complexity index is 586. The van der Waals surface area contributed by atoms with Crippen LogP contribution in [0.1, 0.15) is 17.0 Å².